The summed E-state index contributed by atoms with van der Waals surface area (Å²) in [7, 11) is 0. The van der Waals surface area contributed by atoms with E-state index in [0.717, 1.165) is 12.8 Å². The second-order valence-corrected chi connectivity index (χ2v) is 6.03. The van der Waals surface area contributed by atoms with E-state index >= 15 is 0 Å². The van der Waals surface area contributed by atoms with E-state index in [0.29, 0.717) is 19.7 Å². The van der Waals surface area contributed by atoms with Gasteiger partial charge in [-0.1, -0.05) is 12.1 Å². The van der Waals surface area contributed by atoms with Crippen LogP contribution in [0.2, 0.25) is 0 Å². The third-order valence-corrected chi connectivity index (χ3v) is 4.36. The molecule has 2 atom stereocenters. The first-order valence-corrected chi connectivity index (χ1v) is 8.39. The Hall–Kier alpha value is -2.48. The fourth-order valence-corrected chi connectivity index (χ4v) is 2.95. The summed E-state index contributed by atoms with van der Waals surface area (Å²) in [5.41, 5.74) is 0.0226. The molecular formula is C17H23N3O5. The predicted octanol–water partition coefficient (Wildman–Crippen LogP) is 2.20. The molecule has 0 radical (unpaired) electrons. The molecule has 1 aromatic carbocycles. The van der Waals surface area contributed by atoms with Gasteiger partial charge < -0.3 is 10.1 Å². The summed E-state index contributed by atoms with van der Waals surface area (Å²) in [6.07, 6.45) is 1.54. The number of hydrogen-bond acceptors (Lipinski definition) is 6. The summed E-state index contributed by atoms with van der Waals surface area (Å²) >= 11 is 0. The van der Waals surface area contributed by atoms with Gasteiger partial charge in [0.25, 0.3) is 5.69 Å². The van der Waals surface area contributed by atoms with Gasteiger partial charge in [-0.05, 0) is 39.3 Å². The number of para-hydroxylation sites is 2. The summed E-state index contributed by atoms with van der Waals surface area (Å²) in [6.45, 7) is 4.98. The molecule has 136 valence electrons. The number of rotatable bonds is 6. The number of likely N-dealkylation sites (tertiary alicyclic amines) is 1. The average molecular weight is 349 g/mol. The number of nitrogens with one attached hydrogen (secondary N) is 1. The molecule has 0 spiro atoms. The third kappa shape index (κ3) is 4.76. The maximum absolute atomic E-state index is 12.5. The normalized spacial score (nSPS) is 19.0. The molecule has 1 saturated heterocycles. The molecule has 1 amide bonds. The summed E-state index contributed by atoms with van der Waals surface area (Å²) in [4.78, 5) is 36.8. The molecule has 1 heterocycles. The van der Waals surface area contributed by atoms with Crippen molar-refractivity contribution in [3.05, 3.63) is 34.4 Å². The number of carbonyl (C=O) groups is 2. The second-order valence-electron chi connectivity index (χ2n) is 6.03. The van der Waals surface area contributed by atoms with Crippen molar-refractivity contribution in [1.29, 1.82) is 0 Å². The Morgan fingerprint density at radius 2 is 2.16 bits per heavy atom. The molecule has 0 aliphatic carbocycles. The van der Waals surface area contributed by atoms with Gasteiger partial charge in [-0.15, -0.1) is 0 Å². The molecule has 2 rings (SSSR count). The zero-order valence-corrected chi connectivity index (χ0v) is 14.4. The monoisotopic (exact) mass is 349 g/mol. The standard InChI is InChI=1S/C17H23N3O5/c1-3-25-17(22)13-7-6-10-19(11-13)12(2)16(21)18-14-8-4-5-9-15(14)20(23)24/h4-5,8-9,12-13H,3,6-7,10-11H2,1-2H3,(H,18,21)/t12-,13+/m0/s1. The Morgan fingerprint density at radius 3 is 2.84 bits per heavy atom. The van der Waals surface area contributed by atoms with Crippen LogP contribution in [0.4, 0.5) is 11.4 Å². The van der Waals surface area contributed by atoms with Crippen LogP contribution in [-0.4, -0.2) is 47.4 Å². The first-order chi connectivity index (χ1) is 11.9. The number of hydrogen-bond donors (Lipinski definition) is 1. The van der Waals surface area contributed by atoms with E-state index in [2.05, 4.69) is 5.32 Å². The van der Waals surface area contributed by atoms with Crippen molar-refractivity contribution >= 4 is 23.3 Å². The maximum atomic E-state index is 12.5. The summed E-state index contributed by atoms with van der Waals surface area (Å²) < 4.78 is 5.07. The van der Waals surface area contributed by atoms with Gasteiger partial charge in [-0.2, -0.15) is 0 Å². The van der Waals surface area contributed by atoms with Crippen molar-refractivity contribution in [2.75, 3.05) is 25.0 Å². The largest absolute Gasteiger partial charge is 0.466 e. The highest BCUT2D eigenvalue weighted by Crippen LogP contribution is 2.25. The summed E-state index contributed by atoms with van der Waals surface area (Å²) in [5, 5.41) is 13.7. The van der Waals surface area contributed by atoms with Crippen LogP contribution < -0.4 is 5.32 Å². The highest BCUT2D eigenvalue weighted by Gasteiger charge is 2.32. The minimum Gasteiger partial charge on any atom is -0.466 e. The van der Waals surface area contributed by atoms with Gasteiger partial charge >= 0.3 is 5.97 Å². The average Bonchev–Trinajstić information content (AvgIpc) is 2.61. The van der Waals surface area contributed by atoms with E-state index < -0.39 is 11.0 Å². The lowest BCUT2D eigenvalue weighted by Gasteiger charge is -2.35. The van der Waals surface area contributed by atoms with Crippen molar-refractivity contribution in [3.63, 3.8) is 0 Å². The molecule has 0 aromatic heterocycles. The molecule has 25 heavy (non-hydrogen) atoms. The van der Waals surface area contributed by atoms with Gasteiger partial charge in [0.15, 0.2) is 0 Å². The fraction of sp³-hybridized carbons (Fsp3) is 0.529. The minimum absolute atomic E-state index is 0.147. The van der Waals surface area contributed by atoms with Crippen LogP contribution in [-0.2, 0) is 14.3 Å². The van der Waals surface area contributed by atoms with Crippen molar-refractivity contribution in [1.82, 2.24) is 4.90 Å². The number of benzene rings is 1. The number of carbonyl (C=O) groups excluding carboxylic acids is 2. The fourth-order valence-electron chi connectivity index (χ4n) is 2.95. The lowest BCUT2D eigenvalue weighted by molar-refractivity contribution is -0.383. The Kier molecular flexibility index (Phi) is 6.46. The Balaban J connectivity index is 2.02. The van der Waals surface area contributed by atoms with Crippen molar-refractivity contribution in [2.24, 2.45) is 5.92 Å². The Bertz CT molecular complexity index is 649. The molecule has 8 heteroatoms. The number of nitro groups is 1. The van der Waals surface area contributed by atoms with E-state index in [9.17, 15) is 19.7 Å². The van der Waals surface area contributed by atoms with E-state index in [4.69, 9.17) is 4.74 Å². The number of nitrogens with zero attached hydrogens (tertiary/aromatic N) is 2. The number of piperidine rings is 1. The molecule has 1 aliphatic heterocycles. The number of esters is 1. The highest BCUT2D eigenvalue weighted by atomic mass is 16.6. The smallest absolute Gasteiger partial charge is 0.310 e. The number of nitro benzene ring substituents is 1. The minimum atomic E-state index is -0.530. The van der Waals surface area contributed by atoms with E-state index in [1.165, 1.54) is 12.1 Å². The van der Waals surface area contributed by atoms with Gasteiger partial charge in [0.1, 0.15) is 5.69 Å². The first-order valence-electron chi connectivity index (χ1n) is 8.39. The number of amides is 1. The predicted molar refractivity (Wildman–Crippen MR) is 92.1 cm³/mol. The van der Waals surface area contributed by atoms with E-state index in [-0.39, 0.29) is 29.2 Å². The Morgan fingerprint density at radius 1 is 1.44 bits per heavy atom. The van der Waals surface area contributed by atoms with E-state index in [1.54, 1.807) is 26.0 Å². The lowest BCUT2D eigenvalue weighted by atomic mass is 9.97. The van der Waals surface area contributed by atoms with E-state index in [1.807, 2.05) is 4.90 Å². The van der Waals surface area contributed by atoms with Gasteiger partial charge in [-0.3, -0.25) is 24.6 Å². The summed E-state index contributed by atoms with van der Waals surface area (Å²) in [5.74, 6) is -0.813. The van der Waals surface area contributed by atoms with Crippen LogP contribution in [0, 0.1) is 16.0 Å². The zero-order chi connectivity index (χ0) is 18.4. The Labute approximate surface area is 146 Å². The number of ether oxygens (including phenoxy) is 1. The molecular weight excluding hydrogens is 326 g/mol. The van der Waals surface area contributed by atoms with Crippen LogP contribution in [0.1, 0.15) is 26.7 Å². The topological polar surface area (TPSA) is 102 Å². The second kappa shape index (κ2) is 8.57. The van der Waals surface area contributed by atoms with Gasteiger partial charge in [-0.25, -0.2) is 0 Å². The van der Waals surface area contributed by atoms with Crippen molar-refractivity contribution in [2.45, 2.75) is 32.7 Å². The van der Waals surface area contributed by atoms with Crippen molar-refractivity contribution in [3.8, 4) is 0 Å². The molecule has 1 aliphatic rings. The molecule has 1 aromatic rings. The molecule has 1 N–H and O–H groups in total. The van der Waals surface area contributed by atoms with Gasteiger partial charge in [0, 0.05) is 12.6 Å². The molecule has 1 fully saturated rings. The quantitative estimate of drug-likeness (QED) is 0.480. The molecule has 8 nitrogen and oxygen atoms in total. The molecule has 0 unspecified atom stereocenters. The maximum Gasteiger partial charge on any atom is 0.310 e. The van der Waals surface area contributed by atoms with Gasteiger partial charge in [0.05, 0.1) is 23.5 Å². The highest BCUT2D eigenvalue weighted by molar-refractivity contribution is 5.96. The molecule has 0 saturated carbocycles. The van der Waals surface area contributed by atoms with Crippen LogP contribution in [0.5, 0.6) is 0 Å². The van der Waals surface area contributed by atoms with Crippen LogP contribution >= 0.6 is 0 Å². The third-order valence-electron chi connectivity index (χ3n) is 4.36. The SMILES string of the molecule is CCOC(=O)[C@@H]1CCCN([C@@H](C)C(=O)Nc2ccccc2[N+](=O)[O-])C1. The van der Waals surface area contributed by atoms with Gasteiger partial charge in [0.2, 0.25) is 5.91 Å². The van der Waals surface area contributed by atoms with Crippen LogP contribution in [0.25, 0.3) is 0 Å². The van der Waals surface area contributed by atoms with Crippen molar-refractivity contribution < 1.29 is 19.2 Å². The van der Waals surface area contributed by atoms with Crippen LogP contribution in [0.3, 0.4) is 0 Å². The molecule has 0 bridgehead atoms. The lowest BCUT2D eigenvalue weighted by Crippen LogP contribution is -2.48. The number of anilines is 1. The van der Waals surface area contributed by atoms with Crippen LogP contribution in [0.15, 0.2) is 24.3 Å². The summed E-state index contributed by atoms with van der Waals surface area (Å²) in [6, 6.07) is 5.52. The first kappa shape index (κ1) is 18.9. The zero-order valence-electron chi connectivity index (χ0n) is 14.4.